The van der Waals surface area contributed by atoms with Crippen molar-refractivity contribution in [2.75, 3.05) is 23.9 Å². The Balaban J connectivity index is 2.03. The molecule has 2 rings (SSSR count). The van der Waals surface area contributed by atoms with Crippen LogP contribution < -0.4 is 10.2 Å². The van der Waals surface area contributed by atoms with Gasteiger partial charge in [-0.25, -0.2) is 4.79 Å². The van der Waals surface area contributed by atoms with Crippen molar-refractivity contribution < 1.29 is 19.1 Å². The number of amides is 2. The molecule has 6 heteroatoms. The highest BCUT2D eigenvalue weighted by Crippen LogP contribution is 2.17. The summed E-state index contributed by atoms with van der Waals surface area (Å²) in [4.78, 5) is 37.7. The number of carbonyl (C=O) groups is 3. The molecule has 0 aliphatic rings. The summed E-state index contributed by atoms with van der Waals surface area (Å²) in [6, 6.07) is 15.6. The lowest BCUT2D eigenvalue weighted by molar-refractivity contribution is -0.125. The van der Waals surface area contributed by atoms with Gasteiger partial charge in [-0.05, 0) is 31.2 Å². The Morgan fingerprint density at radius 1 is 1.00 bits per heavy atom. The van der Waals surface area contributed by atoms with E-state index in [0.29, 0.717) is 11.4 Å². The predicted molar refractivity (Wildman–Crippen MR) is 95.5 cm³/mol. The number of para-hydroxylation sites is 2. The van der Waals surface area contributed by atoms with Gasteiger partial charge in [0.15, 0.2) is 0 Å². The van der Waals surface area contributed by atoms with Gasteiger partial charge in [0.25, 0.3) is 0 Å². The van der Waals surface area contributed by atoms with Crippen molar-refractivity contribution >= 4 is 29.2 Å². The van der Waals surface area contributed by atoms with Crippen LogP contribution in [0.2, 0.25) is 0 Å². The Morgan fingerprint density at radius 3 is 2.32 bits per heavy atom. The van der Waals surface area contributed by atoms with Crippen molar-refractivity contribution in [3.8, 4) is 0 Å². The fourth-order valence-corrected chi connectivity index (χ4v) is 2.22. The SMILES string of the molecule is CCOC(=O)c1ccccc1NC(=O)CC(=O)N(C)c1ccccc1. The first-order chi connectivity index (χ1) is 12.0. The average Bonchev–Trinajstić information content (AvgIpc) is 2.62. The normalized spacial score (nSPS) is 10.0. The second-order valence-electron chi connectivity index (χ2n) is 5.28. The van der Waals surface area contributed by atoms with Gasteiger partial charge in [0.1, 0.15) is 6.42 Å². The number of nitrogens with zero attached hydrogens (tertiary/aromatic N) is 1. The molecule has 0 atom stereocenters. The maximum Gasteiger partial charge on any atom is 0.340 e. The summed E-state index contributed by atoms with van der Waals surface area (Å²) in [5.41, 5.74) is 1.27. The van der Waals surface area contributed by atoms with Crippen LogP contribution in [0, 0.1) is 0 Å². The van der Waals surface area contributed by atoms with Gasteiger partial charge < -0.3 is 15.0 Å². The van der Waals surface area contributed by atoms with E-state index < -0.39 is 11.9 Å². The van der Waals surface area contributed by atoms with Crippen molar-refractivity contribution in [3.05, 3.63) is 60.2 Å². The van der Waals surface area contributed by atoms with Gasteiger partial charge >= 0.3 is 5.97 Å². The molecular formula is C19H20N2O4. The fraction of sp³-hybridized carbons (Fsp3) is 0.211. The maximum absolute atomic E-state index is 12.2. The molecule has 25 heavy (non-hydrogen) atoms. The summed E-state index contributed by atoms with van der Waals surface area (Å²) < 4.78 is 4.96. The third-order valence-electron chi connectivity index (χ3n) is 3.53. The molecule has 0 saturated carbocycles. The monoisotopic (exact) mass is 340 g/mol. The number of ether oxygens (including phenoxy) is 1. The molecule has 0 bridgehead atoms. The molecule has 2 amide bonds. The average molecular weight is 340 g/mol. The largest absolute Gasteiger partial charge is 0.462 e. The number of hydrogen-bond acceptors (Lipinski definition) is 4. The molecule has 0 fully saturated rings. The lowest BCUT2D eigenvalue weighted by atomic mass is 10.1. The minimum absolute atomic E-state index is 0.238. The standard InChI is InChI=1S/C19H20N2O4/c1-3-25-19(24)15-11-7-8-12-16(15)20-17(22)13-18(23)21(2)14-9-5-4-6-10-14/h4-12H,3,13H2,1-2H3,(H,20,22). The Labute approximate surface area is 146 Å². The first kappa shape index (κ1) is 18.2. The first-order valence-electron chi connectivity index (χ1n) is 7.90. The van der Waals surface area contributed by atoms with E-state index in [2.05, 4.69) is 5.32 Å². The fourth-order valence-electron chi connectivity index (χ4n) is 2.22. The van der Waals surface area contributed by atoms with Crippen LogP contribution in [0.3, 0.4) is 0 Å². The summed E-state index contributed by atoms with van der Waals surface area (Å²) in [5.74, 6) is -1.37. The molecule has 0 aliphatic heterocycles. The Bertz CT molecular complexity index is 759. The number of benzene rings is 2. The molecule has 0 saturated heterocycles. The van der Waals surface area contributed by atoms with Gasteiger partial charge in [-0.3, -0.25) is 9.59 Å². The van der Waals surface area contributed by atoms with Gasteiger partial charge in [0.05, 0.1) is 17.9 Å². The van der Waals surface area contributed by atoms with Crippen LogP contribution in [0.1, 0.15) is 23.7 Å². The molecule has 0 radical (unpaired) electrons. The highest BCUT2D eigenvalue weighted by Gasteiger charge is 2.18. The quantitative estimate of drug-likeness (QED) is 0.648. The summed E-state index contributed by atoms with van der Waals surface area (Å²) in [7, 11) is 1.61. The Hall–Kier alpha value is -3.15. The van der Waals surface area contributed by atoms with Crippen molar-refractivity contribution in [1.29, 1.82) is 0 Å². The molecule has 0 unspecified atom stereocenters. The Morgan fingerprint density at radius 2 is 1.64 bits per heavy atom. The van der Waals surface area contributed by atoms with E-state index >= 15 is 0 Å². The molecule has 2 aromatic rings. The van der Waals surface area contributed by atoms with Crippen LogP contribution in [-0.4, -0.2) is 31.4 Å². The van der Waals surface area contributed by atoms with Gasteiger partial charge in [-0.15, -0.1) is 0 Å². The van der Waals surface area contributed by atoms with Gasteiger partial charge in [-0.1, -0.05) is 30.3 Å². The third-order valence-corrected chi connectivity index (χ3v) is 3.53. The lowest BCUT2D eigenvalue weighted by Gasteiger charge is -2.17. The van der Waals surface area contributed by atoms with Crippen molar-refractivity contribution in [1.82, 2.24) is 0 Å². The summed E-state index contributed by atoms with van der Waals surface area (Å²) in [6.07, 6.45) is -0.331. The van der Waals surface area contributed by atoms with E-state index in [1.807, 2.05) is 18.2 Å². The molecule has 0 aromatic heterocycles. The first-order valence-corrected chi connectivity index (χ1v) is 7.90. The smallest absolute Gasteiger partial charge is 0.340 e. The summed E-state index contributed by atoms with van der Waals surface area (Å²) in [6.45, 7) is 1.94. The second kappa shape index (κ2) is 8.63. The van der Waals surface area contributed by atoms with Crippen LogP contribution >= 0.6 is 0 Å². The van der Waals surface area contributed by atoms with E-state index in [9.17, 15) is 14.4 Å². The van der Waals surface area contributed by atoms with Crippen LogP contribution in [0.25, 0.3) is 0 Å². The summed E-state index contributed by atoms with van der Waals surface area (Å²) in [5, 5.41) is 2.60. The number of carbonyl (C=O) groups excluding carboxylic acids is 3. The molecule has 1 N–H and O–H groups in total. The van der Waals surface area contributed by atoms with E-state index in [-0.39, 0.29) is 24.5 Å². The van der Waals surface area contributed by atoms with Crippen LogP contribution in [-0.2, 0) is 14.3 Å². The van der Waals surface area contributed by atoms with E-state index in [1.165, 1.54) is 4.90 Å². The Kier molecular flexibility index (Phi) is 6.28. The second-order valence-corrected chi connectivity index (χ2v) is 5.28. The topological polar surface area (TPSA) is 75.7 Å². The number of nitrogens with one attached hydrogen (secondary N) is 1. The van der Waals surface area contributed by atoms with Gasteiger partial charge in [0, 0.05) is 12.7 Å². The van der Waals surface area contributed by atoms with Crippen molar-refractivity contribution in [2.24, 2.45) is 0 Å². The zero-order valence-corrected chi connectivity index (χ0v) is 14.2. The highest BCUT2D eigenvalue weighted by molar-refractivity contribution is 6.10. The third kappa shape index (κ3) is 4.91. The van der Waals surface area contributed by atoms with Crippen LogP contribution in [0.15, 0.2) is 54.6 Å². The lowest BCUT2D eigenvalue weighted by Crippen LogP contribution is -2.30. The minimum atomic E-state index is -0.522. The van der Waals surface area contributed by atoms with Gasteiger partial charge in [-0.2, -0.15) is 0 Å². The number of rotatable bonds is 6. The number of anilines is 2. The summed E-state index contributed by atoms with van der Waals surface area (Å²) >= 11 is 0. The molecule has 2 aromatic carbocycles. The van der Waals surface area contributed by atoms with Crippen molar-refractivity contribution in [3.63, 3.8) is 0 Å². The van der Waals surface area contributed by atoms with Crippen LogP contribution in [0.5, 0.6) is 0 Å². The van der Waals surface area contributed by atoms with Crippen molar-refractivity contribution in [2.45, 2.75) is 13.3 Å². The molecule has 0 aliphatic carbocycles. The zero-order valence-electron chi connectivity index (χ0n) is 14.2. The molecular weight excluding hydrogens is 320 g/mol. The zero-order chi connectivity index (χ0) is 18.2. The predicted octanol–water partition coefficient (Wildman–Crippen LogP) is 2.85. The highest BCUT2D eigenvalue weighted by atomic mass is 16.5. The number of esters is 1. The molecule has 6 nitrogen and oxygen atoms in total. The molecule has 0 heterocycles. The maximum atomic E-state index is 12.2. The van der Waals surface area contributed by atoms with E-state index in [1.54, 1.807) is 50.4 Å². The number of hydrogen-bond donors (Lipinski definition) is 1. The molecule has 0 spiro atoms. The van der Waals surface area contributed by atoms with Crippen LogP contribution in [0.4, 0.5) is 11.4 Å². The van der Waals surface area contributed by atoms with E-state index in [0.717, 1.165) is 0 Å². The van der Waals surface area contributed by atoms with Gasteiger partial charge in [0.2, 0.25) is 11.8 Å². The molecule has 130 valence electrons. The van der Waals surface area contributed by atoms with E-state index in [4.69, 9.17) is 4.74 Å². The minimum Gasteiger partial charge on any atom is -0.462 e.